The van der Waals surface area contributed by atoms with E-state index in [0.29, 0.717) is 24.1 Å². The number of aliphatic hydroxyl groups is 1. The molecule has 126 valence electrons. The highest BCUT2D eigenvalue weighted by atomic mass is 32.2. The number of benzene rings is 2. The number of sulfonamides is 1. The Labute approximate surface area is 143 Å². The van der Waals surface area contributed by atoms with Gasteiger partial charge in [0.25, 0.3) is 10.0 Å². The van der Waals surface area contributed by atoms with E-state index in [2.05, 4.69) is 0 Å². The third-order valence-corrected chi connectivity index (χ3v) is 6.32. The van der Waals surface area contributed by atoms with Crippen LogP contribution in [-0.4, -0.2) is 24.9 Å². The van der Waals surface area contributed by atoms with Crippen molar-refractivity contribution in [3.63, 3.8) is 0 Å². The summed E-state index contributed by atoms with van der Waals surface area (Å²) >= 11 is 0. The maximum atomic E-state index is 12.9. The standard InChI is InChI=1S/C19H21NO3S/c1-15-10-12-17(13-11-15)24(22,23)20(2)18-9-6-14-19(18,21)16-7-4-3-5-8-16/h3-5,7-13,21H,6,14H2,1-2H3. The SMILES string of the molecule is Cc1ccc(S(=O)(=O)N(C)C2=CCCC2(O)c2ccccc2)cc1. The monoisotopic (exact) mass is 343 g/mol. The van der Waals surface area contributed by atoms with Gasteiger partial charge in [-0.3, -0.25) is 4.31 Å². The lowest BCUT2D eigenvalue weighted by molar-refractivity contribution is 0.0616. The Balaban J connectivity index is 2.00. The predicted molar refractivity (Wildman–Crippen MR) is 93.8 cm³/mol. The first-order valence-corrected chi connectivity index (χ1v) is 9.34. The molecule has 0 saturated heterocycles. The molecule has 0 heterocycles. The second-order valence-electron chi connectivity index (χ2n) is 6.14. The number of likely N-dealkylation sites (N-methyl/N-ethyl adjacent to an activating group) is 1. The van der Waals surface area contributed by atoms with Crippen LogP contribution in [0.1, 0.15) is 24.0 Å². The van der Waals surface area contributed by atoms with Gasteiger partial charge in [-0.1, -0.05) is 54.1 Å². The highest BCUT2D eigenvalue weighted by Gasteiger charge is 2.42. The van der Waals surface area contributed by atoms with Gasteiger partial charge in [-0.2, -0.15) is 0 Å². The zero-order chi connectivity index (χ0) is 17.4. The van der Waals surface area contributed by atoms with Crippen LogP contribution in [0.15, 0.2) is 71.3 Å². The minimum atomic E-state index is -3.71. The van der Waals surface area contributed by atoms with Gasteiger partial charge < -0.3 is 5.11 Å². The average Bonchev–Trinajstić information content (AvgIpc) is 2.98. The Bertz CT molecular complexity index is 857. The van der Waals surface area contributed by atoms with Crippen molar-refractivity contribution in [3.8, 4) is 0 Å². The summed E-state index contributed by atoms with van der Waals surface area (Å²) in [5, 5.41) is 11.2. The van der Waals surface area contributed by atoms with E-state index in [4.69, 9.17) is 0 Å². The quantitative estimate of drug-likeness (QED) is 0.927. The van der Waals surface area contributed by atoms with Gasteiger partial charge in [-0.25, -0.2) is 8.42 Å². The molecule has 2 aromatic rings. The van der Waals surface area contributed by atoms with Crippen molar-refractivity contribution < 1.29 is 13.5 Å². The van der Waals surface area contributed by atoms with E-state index in [9.17, 15) is 13.5 Å². The molecule has 1 aliphatic carbocycles. The maximum Gasteiger partial charge on any atom is 0.263 e. The molecule has 0 aliphatic heterocycles. The molecule has 4 nitrogen and oxygen atoms in total. The van der Waals surface area contributed by atoms with E-state index in [-0.39, 0.29) is 4.90 Å². The normalized spacial score (nSPS) is 20.7. The highest BCUT2D eigenvalue weighted by Crippen LogP contribution is 2.42. The third-order valence-electron chi connectivity index (χ3n) is 4.54. The van der Waals surface area contributed by atoms with Crippen LogP contribution in [0.5, 0.6) is 0 Å². The van der Waals surface area contributed by atoms with Crippen LogP contribution in [0.3, 0.4) is 0 Å². The number of aryl methyl sites for hydroxylation is 1. The van der Waals surface area contributed by atoms with Crippen molar-refractivity contribution in [2.24, 2.45) is 0 Å². The van der Waals surface area contributed by atoms with Gasteiger partial charge in [0.2, 0.25) is 0 Å². The van der Waals surface area contributed by atoms with Gasteiger partial charge in [-0.05, 0) is 37.5 Å². The molecule has 0 aromatic heterocycles. The first kappa shape index (κ1) is 16.7. The first-order chi connectivity index (χ1) is 11.4. The van der Waals surface area contributed by atoms with Crippen LogP contribution in [0.4, 0.5) is 0 Å². The minimum absolute atomic E-state index is 0.221. The number of allylic oxidation sites excluding steroid dienone is 1. The van der Waals surface area contributed by atoms with Gasteiger partial charge in [0, 0.05) is 7.05 Å². The largest absolute Gasteiger partial charge is 0.379 e. The molecular weight excluding hydrogens is 322 g/mol. The summed E-state index contributed by atoms with van der Waals surface area (Å²) in [6, 6.07) is 15.9. The highest BCUT2D eigenvalue weighted by molar-refractivity contribution is 7.89. The number of rotatable bonds is 4. The Kier molecular flexibility index (Phi) is 4.24. The van der Waals surface area contributed by atoms with Crippen molar-refractivity contribution in [1.82, 2.24) is 4.31 Å². The Morgan fingerprint density at radius 1 is 1.04 bits per heavy atom. The van der Waals surface area contributed by atoms with Crippen LogP contribution >= 0.6 is 0 Å². The molecule has 1 unspecified atom stereocenters. The molecular formula is C19H21NO3S. The Morgan fingerprint density at radius 2 is 1.67 bits per heavy atom. The predicted octanol–water partition coefficient (Wildman–Crippen LogP) is 3.18. The molecule has 1 N–H and O–H groups in total. The fraction of sp³-hybridized carbons (Fsp3) is 0.263. The topological polar surface area (TPSA) is 57.6 Å². The minimum Gasteiger partial charge on any atom is -0.379 e. The molecule has 1 atom stereocenters. The van der Waals surface area contributed by atoms with Crippen LogP contribution in [-0.2, 0) is 15.6 Å². The van der Waals surface area contributed by atoms with E-state index in [1.54, 1.807) is 30.3 Å². The molecule has 0 spiro atoms. The van der Waals surface area contributed by atoms with Crippen molar-refractivity contribution in [2.45, 2.75) is 30.3 Å². The van der Waals surface area contributed by atoms with E-state index in [1.165, 1.54) is 11.4 Å². The molecule has 0 amide bonds. The third kappa shape index (κ3) is 2.74. The summed E-state index contributed by atoms with van der Waals surface area (Å²) in [4.78, 5) is 0.221. The van der Waals surface area contributed by atoms with E-state index in [1.807, 2.05) is 37.3 Å². The van der Waals surface area contributed by atoms with Crippen molar-refractivity contribution in [2.75, 3.05) is 7.05 Å². The lowest BCUT2D eigenvalue weighted by Crippen LogP contribution is -2.37. The second-order valence-corrected chi connectivity index (χ2v) is 8.11. The molecule has 24 heavy (non-hydrogen) atoms. The van der Waals surface area contributed by atoms with Crippen molar-refractivity contribution in [1.29, 1.82) is 0 Å². The van der Waals surface area contributed by atoms with Gasteiger partial charge >= 0.3 is 0 Å². The molecule has 1 aliphatic rings. The van der Waals surface area contributed by atoms with Gasteiger partial charge in [-0.15, -0.1) is 0 Å². The number of hydrogen-bond donors (Lipinski definition) is 1. The zero-order valence-electron chi connectivity index (χ0n) is 13.8. The summed E-state index contributed by atoms with van der Waals surface area (Å²) in [7, 11) is -2.21. The fourth-order valence-corrected chi connectivity index (χ4v) is 4.39. The van der Waals surface area contributed by atoms with Crippen LogP contribution in [0, 0.1) is 6.92 Å². The van der Waals surface area contributed by atoms with E-state index < -0.39 is 15.6 Å². The lowest BCUT2D eigenvalue weighted by Gasteiger charge is -2.33. The Morgan fingerprint density at radius 3 is 2.29 bits per heavy atom. The molecule has 0 radical (unpaired) electrons. The molecule has 3 rings (SSSR count). The van der Waals surface area contributed by atoms with Crippen molar-refractivity contribution in [3.05, 3.63) is 77.5 Å². The summed E-state index contributed by atoms with van der Waals surface area (Å²) in [6.07, 6.45) is 2.91. The molecule has 0 saturated carbocycles. The summed E-state index contributed by atoms with van der Waals surface area (Å²) in [6.45, 7) is 1.91. The summed E-state index contributed by atoms with van der Waals surface area (Å²) in [5.74, 6) is 0. The fourth-order valence-electron chi connectivity index (χ4n) is 3.11. The van der Waals surface area contributed by atoms with E-state index >= 15 is 0 Å². The maximum absolute atomic E-state index is 12.9. The smallest absolute Gasteiger partial charge is 0.263 e. The van der Waals surface area contributed by atoms with Gasteiger partial charge in [0.15, 0.2) is 0 Å². The van der Waals surface area contributed by atoms with E-state index in [0.717, 1.165) is 5.56 Å². The molecule has 2 aromatic carbocycles. The molecule has 0 bridgehead atoms. The Hall–Kier alpha value is -2.11. The molecule has 5 heteroatoms. The zero-order valence-corrected chi connectivity index (χ0v) is 14.6. The molecule has 0 fully saturated rings. The average molecular weight is 343 g/mol. The van der Waals surface area contributed by atoms with Gasteiger partial charge in [0.1, 0.15) is 5.60 Å². The van der Waals surface area contributed by atoms with Crippen LogP contribution in [0.25, 0.3) is 0 Å². The van der Waals surface area contributed by atoms with Crippen LogP contribution in [0.2, 0.25) is 0 Å². The summed E-state index contributed by atoms with van der Waals surface area (Å²) in [5.41, 5.74) is 0.833. The summed E-state index contributed by atoms with van der Waals surface area (Å²) < 4.78 is 27.1. The van der Waals surface area contributed by atoms with Crippen molar-refractivity contribution >= 4 is 10.0 Å². The first-order valence-electron chi connectivity index (χ1n) is 7.90. The lowest BCUT2D eigenvalue weighted by atomic mass is 9.91. The van der Waals surface area contributed by atoms with Gasteiger partial charge in [0.05, 0.1) is 10.6 Å². The van der Waals surface area contributed by atoms with Crippen LogP contribution < -0.4 is 0 Å². The number of nitrogens with zero attached hydrogens (tertiary/aromatic N) is 1. The second kappa shape index (κ2) is 6.07. The number of hydrogen-bond acceptors (Lipinski definition) is 3.